The minimum absolute atomic E-state index is 0.0607. The van der Waals surface area contributed by atoms with Crippen LogP contribution in [0.2, 0.25) is 10.0 Å². The molecule has 1 aromatic rings. The third-order valence-corrected chi connectivity index (χ3v) is 4.64. The fraction of sp³-hybridized carbons (Fsp3) is 0.579. The molecule has 0 N–H and O–H groups in total. The monoisotopic (exact) mass is 388 g/mol. The van der Waals surface area contributed by atoms with E-state index < -0.39 is 0 Å². The molecule has 1 rings (SSSR count). The summed E-state index contributed by atoms with van der Waals surface area (Å²) in [6.07, 6.45) is 2.53. The Hall–Kier alpha value is -1.26. The van der Waals surface area contributed by atoms with Crippen LogP contribution in [0.3, 0.4) is 0 Å². The van der Waals surface area contributed by atoms with E-state index in [9.17, 15) is 9.59 Å². The zero-order valence-electron chi connectivity index (χ0n) is 15.0. The Bertz CT molecular complexity index is 573. The van der Waals surface area contributed by atoms with E-state index in [0.717, 1.165) is 12.8 Å². The molecule has 0 heterocycles. The molecule has 0 aliphatic heterocycles. The summed E-state index contributed by atoms with van der Waals surface area (Å²) in [4.78, 5) is 23.6. The molecule has 0 saturated heterocycles. The predicted octanol–water partition coefficient (Wildman–Crippen LogP) is 5.57. The molecule has 0 spiro atoms. The van der Waals surface area contributed by atoms with Crippen LogP contribution >= 0.6 is 23.2 Å². The molecule has 1 aromatic carbocycles. The molecule has 0 radical (unpaired) electrons. The van der Waals surface area contributed by atoms with Crippen molar-refractivity contribution in [1.82, 2.24) is 0 Å². The van der Waals surface area contributed by atoms with Crippen molar-refractivity contribution in [3.63, 3.8) is 0 Å². The highest BCUT2D eigenvalue weighted by atomic mass is 35.5. The van der Waals surface area contributed by atoms with Gasteiger partial charge in [0.15, 0.2) is 0 Å². The minimum atomic E-state index is -0.377. The SMILES string of the molecule is CCCC(OC(=O)CCCC(=O)OCc1cccc(Cl)c1Cl)C(C)C. The zero-order valence-corrected chi connectivity index (χ0v) is 16.5. The molecule has 6 heteroatoms. The van der Waals surface area contributed by atoms with Crippen molar-refractivity contribution in [3.8, 4) is 0 Å². The Labute approximate surface area is 159 Å². The number of esters is 2. The summed E-state index contributed by atoms with van der Waals surface area (Å²) >= 11 is 11.9. The van der Waals surface area contributed by atoms with Crippen LogP contribution in [-0.4, -0.2) is 18.0 Å². The molecule has 0 bridgehead atoms. The van der Waals surface area contributed by atoms with E-state index in [-0.39, 0.29) is 43.4 Å². The average molecular weight is 389 g/mol. The standard InChI is InChI=1S/C19H26Cl2O4/c1-4-7-16(13(2)3)25-18(23)11-6-10-17(22)24-12-14-8-5-9-15(20)19(14)21/h5,8-9,13,16H,4,6-7,10-12H2,1-3H3. The molecule has 25 heavy (non-hydrogen) atoms. The van der Waals surface area contributed by atoms with E-state index in [4.69, 9.17) is 32.7 Å². The van der Waals surface area contributed by atoms with Crippen LogP contribution in [-0.2, 0) is 25.7 Å². The normalized spacial score (nSPS) is 12.1. The van der Waals surface area contributed by atoms with E-state index in [1.807, 2.05) is 13.8 Å². The van der Waals surface area contributed by atoms with Gasteiger partial charge in [-0.2, -0.15) is 0 Å². The van der Waals surface area contributed by atoms with Gasteiger partial charge in [0, 0.05) is 18.4 Å². The van der Waals surface area contributed by atoms with Gasteiger partial charge in [0.2, 0.25) is 0 Å². The molecule has 1 atom stereocenters. The quantitative estimate of drug-likeness (QED) is 0.491. The van der Waals surface area contributed by atoms with Crippen molar-refractivity contribution in [2.24, 2.45) is 5.92 Å². The smallest absolute Gasteiger partial charge is 0.306 e. The summed E-state index contributed by atoms with van der Waals surface area (Å²) in [5.41, 5.74) is 0.654. The molecule has 140 valence electrons. The van der Waals surface area contributed by atoms with Gasteiger partial charge in [-0.25, -0.2) is 0 Å². The third-order valence-electron chi connectivity index (χ3n) is 3.78. The van der Waals surface area contributed by atoms with Gasteiger partial charge in [0.25, 0.3) is 0 Å². The third kappa shape index (κ3) is 8.10. The van der Waals surface area contributed by atoms with Crippen LogP contribution in [0.4, 0.5) is 0 Å². The summed E-state index contributed by atoms with van der Waals surface area (Å²) in [6.45, 7) is 6.19. The molecular formula is C19H26Cl2O4. The number of rotatable bonds is 10. The first kappa shape index (κ1) is 21.8. The van der Waals surface area contributed by atoms with E-state index in [1.54, 1.807) is 18.2 Å². The summed E-state index contributed by atoms with van der Waals surface area (Å²) in [7, 11) is 0. The summed E-state index contributed by atoms with van der Waals surface area (Å²) in [5.74, 6) is -0.355. The fourth-order valence-electron chi connectivity index (χ4n) is 2.31. The maximum absolute atomic E-state index is 11.9. The molecule has 0 saturated carbocycles. The molecule has 0 amide bonds. The van der Waals surface area contributed by atoms with Gasteiger partial charge in [-0.15, -0.1) is 0 Å². The molecule has 0 aromatic heterocycles. The average Bonchev–Trinajstić information content (AvgIpc) is 2.55. The second kappa shape index (κ2) is 11.4. The van der Waals surface area contributed by atoms with Gasteiger partial charge in [-0.3, -0.25) is 9.59 Å². The first-order valence-electron chi connectivity index (χ1n) is 8.63. The second-order valence-electron chi connectivity index (χ2n) is 6.29. The Morgan fingerprint density at radius 1 is 1.12 bits per heavy atom. The number of hydrogen-bond donors (Lipinski definition) is 0. The first-order chi connectivity index (χ1) is 11.8. The molecule has 1 unspecified atom stereocenters. The van der Waals surface area contributed by atoms with Gasteiger partial charge >= 0.3 is 11.9 Å². The molecule has 0 aliphatic rings. The van der Waals surface area contributed by atoms with Crippen molar-refractivity contribution in [2.45, 2.75) is 65.6 Å². The van der Waals surface area contributed by atoms with E-state index in [0.29, 0.717) is 22.0 Å². The van der Waals surface area contributed by atoms with Gasteiger partial charge in [0.1, 0.15) is 12.7 Å². The van der Waals surface area contributed by atoms with Gasteiger partial charge in [0.05, 0.1) is 10.0 Å². The maximum Gasteiger partial charge on any atom is 0.306 e. The van der Waals surface area contributed by atoms with Crippen LogP contribution in [0, 0.1) is 5.92 Å². The number of carbonyl (C=O) groups excluding carboxylic acids is 2. The molecular weight excluding hydrogens is 363 g/mol. The lowest BCUT2D eigenvalue weighted by Crippen LogP contribution is -2.23. The minimum Gasteiger partial charge on any atom is -0.462 e. The highest BCUT2D eigenvalue weighted by Crippen LogP contribution is 2.26. The second-order valence-corrected chi connectivity index (χ2v) is 7.07. The van der Waals surface area contributed by atoms with Crippen LogP contribution in [0.15, 0.2) is 18.2 Å². The summed E-state index contributed by atoms with van der Waals surface area (Å²) in [5, 5.41) is 0.806. The largest absolute Gasteiger partial charge is 0.462 e. The van der Waals surface area contributed by atoms with Crippen molar-refractivity contribution in [2.75, 3.05) is 0 Å². The summed E-state index contributed by atoms with van der Waals surface area (Å²) < 4.78 is 10.6. The Morgan fingerprint density at radius 3 is 2.44 bits per heavy atom. The molecule has 0 fully saturated rings. The lowest BCUT2D eigenvalue weighted by molar-refractivity contribution is -0.152. The van der Waals surface area contributed by atoms with Crippen LogP contribution in [0.25, 0.3) is 0 Å². The van der Waals surface area contributed by atoms with Crippen LogP contribution in [0.1, 0.15) is 58.4 Å². The van der Waals surface area contributed by atoms with Crippen molar-refractivity contribution < 1.29 is 19.1 Å². The van der Waals surface area contributed by atoms with Gasteiger partial charge in [-0.05, 0) is 24.8 Å². The maximum atomic E-state index is 11.9. The van der Waals surface area contributed by atoms with E-state index in [2.05, 4.69) is 6.92 Å². The van der Waals surface area contributed by atoms with Crippen LogP contribution < -0.4 is 0 Å². The number of benzene rings is 1. The molecule has 0 aliphatic carbocycles. The Morgan fingerprint density at radius 2 is 1.80 bits per heavy atom. The topological polar surface area (TPSA) is 52.6 Å². The van der Waals surface area contributed by atoms with E-state index >= 15 is 0 Å². The predicted molar refractivity (Wildman–Crippen MR) is 99.7 cm³/mol. The lowest BCUT2D eigenvalue weighted by Gasteiger charge is -2.20. The van der Waals surface area contributed by atoms with Crippen LogP contribution in [0.5, 0.6) is 0 Å². The van der Waals surface area contributed by atoms with Crippen molar-refractivity contribution >= 4 is 35.1 Å². The first-order valence-corrected chi connectivity index (χ1v) is 9.38. The Kier molecular flexibility index (Phi) is 9.91. The number of ether oxygens (including phenoxy) is 2. The number of halogens is 2. The number of carbonyl (C=O) groups is 2. The zero-order chi connectivity index (χ0) is 18.8. The summed E-state index contributed by atoms with van der Waals surface area (Å²) in [6, 6.07) is 5.16. The van der Waals surface area contributed by atoms with Crippen molar-refractivity contribution in [1.29, 1.82) is 0 Å². The highest BCUT2D eigenvalue weighted by molar-refractivity contribution is 6.42. The lowest BCUT2D eigenvalue weighted by atomic mass is 10.0. The number of hydrogen-bond acceptors (Lipinski definition) is 4. The van der Waals surface area contributed by atoms with Gasteiger partial charge < -0.3 is 9.47 Å². The van der Waals surface area contributed by atoms with Crippen molar-refractivity contribution in [3.05, 3.63) is 33.8 Å². The fourth-order valence-corrected chi connectivity index (χ4v) is 2.68. The van der Waals surface area contributed by atoms with E-state index in [1.165, 1.54) is 0 Å². The highest BCUT2D eigenvalue weighted by Gasteiger charge is 2.17. The van der Waals surface area contributed by atoms with Gasteiger partial charge in [-0.1, -0.05) is 62.5 Å². The molecule has 4 nitrogen and oxygen atoms in total. The Balaban J connectivity index is 2.30.